The number of aliphatic hydroxyl groups excluding tert-OH is 4. The highest BCUT2D eigenvalue weighted by Crippen LogP contribution is 2.52. The van der Waals surface area contributed by atoms with Crippen LogP contribution in [0.2, 0.25) is 0 Å². The molecule has 4 rings (SSSR count). The molecule has 2 aromatic rings. The number of phosphoric ester groups is 1. The van der Waals surface area contributed by atoms with Gasteiger partial charge in [-0.3, -0.25) is 14.1 Å². The number of aliphatic carboxylic acids is 1. The number of carboxylic acids is 1. The molecular formula is C82H143N2O19P. The Balaban J connectivity index is 1.66. The van der Waals surface area contributed by atoms with E-state index in [1.807, 2.05) is 0 Å². The number of ether oxygens (including phenoxy) is 7. The summed E-state index contributed by atoms with van der Waals surface area (Å²) in [5.74, 6) is -2.21. The lowest BCUT2D eigenvalue weighted by atomic mass is 9.95. The second kappa shape index (κ2) is 59.1. The highest BCUT2D eigenvalue weighted by atomic mass is 31.2. The van der Waals surface area contributed by atoms with Crippen LogP contribution in [0.5, 0.6) is 11.5 Å². The van der Waals surface area contributed by atoms with Gasteiger partial charge in [0.1, 0.15) is 66.8 Å². The lowest BCUT2D eigenvalue weighted by molar-refractivity contribution is -0.307. The van der Waals surface area contributed by atoms with E-state index in [4.69, 9.17) is 46.7 Å². The van der Waals surface area contributed by atoms with E-state index in [0.717, 1.165) is 96.3 Å². The molecule has 13 atom stereocenters. The fraction of sp³-hybridized carbons (Fsp3) is 0.817. The minimum atomic E-state index is -4.79. The van der Waals surface area contributed by atoms with Crippen molar-refractivity contribution in [1.29, 1.82) is 0 Å². The number of aliphatic hydroxyl groups is 4. The van der Waals surface area contributed by atoms with Crippen molar-refractivity contribution in [3.8, 4) is 11.5 Å². The molecule has 2 heterocycles. The Labute approximate surface area is 626 Å². The smallest absolute Gasteiger partial charge is 0.480 e. The summed E-state index contributed by atoms with van der Waals surface area (Å²) in [5, 5.41) is 62.1. The van der Waals surface area contributed by atoms with Gasteiger partial charge < -0.3 is 78.4 Å². The van der Waals surface area contributed by atoms with Crippen LogP contribution in [0.4, 0.5) is 0 Å². The molecule has 0 bridgehead atoms. The quantitative estimate of drug-likeness (QED) is 0.0239. The second-order valence-corrected chi connectivity index (χ2v) is 30.7. The average molecular weight is 1490 g/mol. The van der Waals surface area contributed by atoms with Crippen molar-refractivity contribution < 1.29 is 91.2 Å². The number of nitrogens with one attached hydrogen (secondary N) is 2. The van der Waals surface area contributed by atoms with E-state index in [2.05, 4.69) is 38.3 Å². The van der Waals surface area contributed by atoms with Crippen molar-refractivity contribution in [2.24, 2.45) is 0 Å². The third kappa shape index (κ3) is 41.7. The van der Waals surface area contributed by atoms with E-state index < -0.39 is 119 Å². The van der Waals surface area contributed by atoms with Gasteiger partial charge in [-0.05, 0) is 62.8 Å². The van der Waals surface area contributed by atoms with Crippen LogP contribution in [0.1, 0.15) is 311 Å². The number of benzene rings is 2. The van der Waals surface area contributed by atoms with Crippen LogP contribution >= 0.6 is 7.82 Å². The summed E-state index contributed by atoms with van der Waals surface area (Å²) in [6.07, 6.45) is 30.7. The lowest BCUT2D eigenvalue weighted by Gasteiger charge is -2.47. The minimum Gasteiger partial charge on any atom is -0.480 e. The molecule has 0 unspecified atom stereocenters. The monoisotopic (exact) mass is 1490 g/mol. The van der Waals surface area contributed by atoms with E-state index in [0.29, 0.717) is 25.9 Å². The number of hydrogen-bond acceptors (Lipinski definition) is 18. The molecule has 0 radical (unpaired) electrons. The fourth-order valence-corrected chi connectivity index (χ4v) is 15.3. The third-order valence-electron chi connectivity index (χ3n) is 19.9. The summed E-state index contributed by atoms with van der Waals surface area (Å²) >= 11 is 0. The summed E-state index contributed by atoms with van der Waals surface area (Å²) in [4.78, 5) is 39.9. The fourth-order valence-electron chi connectivity index (χ4n) is 13.8. The summed E-state index contributed by atoms with van der Waals surface area (Å²) in [5.41, 5.74) is 0. The van der Waals surface area contributed by atoms with Gasteiger partial charge in [-0.15, -0.1) is 0 Å². The number of unbranched alkanes of at least 4 members (excludes halogenated alkanes) is 33. The molecule has 22 heteroatoms. The van der Waals surface area contributed by atoms with Gasteiger partial charge in [0, 0.05) is 26.7 Å². The first-order valence-electron chi connectivity index (χ1n) is 41.2. The van der Waals surface area contributed by atoms with Crippen LogP contribution in [0.15, 0.2) is 60.7 Å². The standard InChI is InChI=1S/C82H143N2O19P/c1-6-10-14-18-22-26-30-34-38-48-58-94-68(51-43-37-33-29-25-21-17-13-9-4)57-60-96-80-76(83-65(5)86)82(99-71(62-85)78(80)103-104(93,101-69-52-44-39-45-53-69)102-70-54-46-40-47-55-70)97-63-72-77(92)79(95-59-56-66(87)49-41-35-31-27-23-19-15-11-7-2)75(81(100-72)98-64-74(90)91)84-73(89)61-67(88)50-42-36-32-28-24-20-16-12-8-3/h39-40,44-47,52-55,66-68,71-72,75-82,85,87-88,92H,6-38,41-43,48-51,56-64H2,1-5H3,(H,83,86)(H,84,89)(H,90,91)/t66-,67-,68-,71-,72-,75-,76-,77-,78+,79-,80-,81+,82-/m1/s1. The van der Waals surface area contributed by atoms with Gasteiger partial charge in [0.05, 0.1) is 37.9 Å². The molecule has 2 fully saturated rings. The predicted molar refractivity (Wildman–Crippen MR) is 409 cm³/mol. The van der Waals surface area contributed by atoms with Crippen LogP contribution < -0.4 is 19.7 Å². The van der Waals surface area contributed by atoms with Crippen molar-refractivity contribution in [3.63, 3.8) is 0 Å². The number of carboxylic acid groups (broad SMARTS) is 1. The van der Waals surface area contributed by atoms with Crippen molar-refractivity contribution in [1.82, 2.24) is 10.6 Å². The number of para-hydroxylation sites is 2. The van der Waals surface area contributed by atoms with Gasteiger partial charge >= 0.3 is 13.8 Å². The normalized spacial score (nSPS) is 21.5. The molecule has 21 nitrogen and oxygen atoms in total. The van der Waals surface area contributed by atoms with Gasteiger partial charge in [0.2, 0.25) is 11.8 Å². The van der Waals surface area contributed by atoms with Crippen LogP contribution in [0.3, 0.4) is 0 Å². The average Bonchev–Trinajstić information content (AvgIpc) is 0.779. The van der Waals surface area contributed by atoms with Gasteiger partial charge in [0.25, 0.3) is 0 Å². The summed E-state index contributed by atoms with van der Waals surface area (Å²) in [6.45, 7) is 8.51. The highest BCUT2D eigenvalue weighted by molar-refractivity contribution is 7.49. The van der Waals surface area contributed by atoms with Crippen molar-refractivity contribution >= 4 is 25.6 Å². The predicted octanol–water partition coefficient (Wildman–Crippen LogP) is 17.3. The van der Waals surface area contributed by atoms with Crippen molar-refractivity contribution in [2.75, 3.05) is 39.6 Å². The zero-order valence-corrected chi connectivity index (χ0v) is 65.7. The van der Waals surface area contributed by atoms with E-state index in [9.17, 15) is 39.9 Å². The zero-order valence-electron chi connectivity index (χ0n) is 64.8. The lowest BCUT2D eigenvalue weighted by Crippen LogP contribution is -2.67. The van der Waals surface area contributed by atoms with Crippen LogP contribution in [0.25, 0.3) is 0 Å². The number of hydrogen-bond donors (Lipinski definition) is 7. The molecule has 2 aromatic carbocycles. The number of rotatable bonds is 67. The number of phosphoric acid groups is 1. The number of amides is 2. The molecule has 600 valence electrons. The largest absolute Gasteiger partial charge is 0.588 e. The first kappa shape index (κ1) is 92.6. The van der Waals surface area contributed by atoms with E-state index in [1.165, 1.54) is 155 Å². The molecule has 104 heavy (non-hydrogen) atoms. The Hall–Kier alpha value is -3.80. The van der Waals surface area contributed by atoms with E-state index in [-0.39, 0.29) is 43.7 Å². The zero-order chi connectivity index (χ0) is 75.1. The van der Waals surface area contributed by atoms with Gasteiger partial charge in [-0.25, -0.2) is 9.36 Å². The summed E-state index contributed by atoms with van der Waals surface area (Å²) < 4.78 is 79.7. The maximum atomic E-state index is 15.4. The first-order chi connectivity index (χ1) is 50.6. The summed E-state index contributed by atoms with van der Waals surface area (Å²) in [6, 6.07) is 14.0. The molecule has 2 aliphatic heterocycles. The van der Waals surface area contributed by atoms with E-state index >= 15 is 4.57 Å². The highest BCUT2D eigenvalue weighted by Gasteiger charge is 2.54. The Morgan fingerprint density at radius 3 is 1.36 bits per heavy atom. The topological polar surface area (TPSA) is 286 Å². The van der Waals surface area contributed by atoms with Crippen LogP contribution in [-0.2, 0) is 56.6 Å². The molecule has 7 N–H and O–H groups in total. The Kier molecular flexibility index (Phi) is 52.6. The maximum absolute atomic E-state index is 15.4. The number of carbonyl (C=O) groups excluding carboxylic acids is 2. The third-order valence-corrected chi connectivity index (χ3v) is 21.2. The molecule has 2 amide bonds. The van der Waals surface area contributed by atoms with Gasteiger partial charge in [-0.2, -0.15) is 0 Å². The maximum Gasteiger partial charge on any atom is 0.588 e. The first-order valence-corrected chi connectivity index (χ1v) is 42.7. The second-order valence-electron chi connectivity index (χ2n) is 29.2. The van der Waals surface area contributed by atoms with Gasteiger partial charge in [0.15, 0.2) is 12.6 Å². The molecule has 0 spiro atoms. The molecule has 0 saturated carbocycles. The van der Waals surface area contributed by atoms with Crippen molar-refractivity contribution in [3.05, 3.63) is 60.7 Å². The van der Waals surface area contributed by atoms with Gasteiger partial charge in [-0.1, -0.05) is 295 Å². The van der Waals surface area contributed by atoms with Crippen molar-refractivity contribution in [2.45, 2.75) is 390 Å². The molecular weight excluding hydrogens is 1350 g/mol. The van der Waals surface area contributed by atoms with Crippen LogP contribution in [-0.4, -0.2) is 163 Å². The molecule has 0 aliphatic carbocycles. The molecule has 2 aliphatic rings. The Morgan fingerprint density at radius 1 is 0.471 bits per heavy atom. The Morgan fingerprint density at radius 2 is 0.885 bits per heavy atom. The minimum absolute atomic E-state index is 0.0400. The summed E-state index contributed by atoms with van der Waals surface area (Å²) in [7, 11) is -4.79. The Bertz CT molecular complexity index is 2410. The number of carbonyl (C=O) groups is 3. The molecule has 0 aromatic heterocycles. The molecule has 2 saturated heterocycles. The van der Waals surface area contributed by atoms with Crippen LogP contribution in [0, 0.1) is 0 Å². The van der Waals surface area contributed by atoms with E-state index in [1.54, 1.807) is 60.7 Å². The SMILES string of the molecule is CCCCCCCCCCCCO[C@H](CCCCCCCCCCC)CCO[C@@H]1[C@@H](NC(C)=O)[C@H](OC[C@H]2O[C@H](OCC(=O)O)[C@H](NC(=O)C[C@H](O)CCCCCCCCCCC)[C@@H](OCC[C@H](O)CCCCCCCCCCC)[C@@H]2O)O[C@H](CO)[C@@H]1OP(=O)(Oc1ccccc1)Oc1ccccc1.